The number of aliphatic hydroxyl groups excluding tert-OH is 1. The van der Waals surface area contributed by atoms with E-state index in [-0.39, 0.29) is 30.7 Å². The van der Waals surface area contributed by atoms with Crippen molar-refractivity contribution in [3.63, 3.8) is 0 Å². The molecule has 0 radical (unpaired) electrons. The van der Waals surface area contributed by atoms with Gasteiger partial charge in [-0.05, 0) is 25.5 Å². The van der Waals surface area contributed by atoms with Gasteiger partial charge in [-0.1, -0.05) is 12.1 Å². The third-order valence-corrected chi connectivity index (χ3v) is 3.49. The van der Waals surface area contributed by atoms with E-state index in [4.69, 9.17) is 10.5 Å². The molecule has 1 heterocycles. The summed E-state index contributed by atoms with van der Waals surface area (Å²) >= 11 is 0. The summed E-state index contributed by atoms with van der Waals surface area (Å²) in [6, 6.07) is 5.06. The Labute approximate surface area is 119 Å². The van der Waals surface area contributed by atoms with Gasteiger partial charge in [0, 0.05) is 31.7 Å². The number of benzene rings is 1. The Kier molecular flexibility index (Phi) is 4.75. The molecule has 0 saturated carbocycles. The van der Waals surface area contributed by atoms with Crippen LogP contribution < -0.4 is 5.73 Å². The number of hydrogen-bond acceptors (Lipinski definition) is 4. The summed E-state index contributed by atoms with van der Waals surface area (Å²) in [5.41, 5.74) is 6.81. The third kappa shape index (κ3) is 3.76. The molecule has 1 fully saturated rings. The average Bonchev–Trinajstić information content (AvgIpc) is 2.39. The first-order chi connectivity index (χ1) is 9.43. The molecule has 1 aromatic rings. The summed E-state index contributed by atoms with van der Waals surface area (Å²) in [5, 5.41) is 9.31. The molecule has 3 N–H and O–H groups in total. The van der Waals surface area contributed by atoms with Crippen LogP contribution in [0.2, 0.25) is 0 Å². The predicted molar refractivity (Wildman–Crippen MR) is 75.6 cm³/mol. The summed E-state index contributed by atoms with van der Waals surface area (Å²) in [4.78, 5) is 2.22. The predicted octanol–water partition coefficient (Wildman–Crippen LogP) is 1.26. The van der Waals surface area contributed by atoms with E-state index < -0.39 is 0 Å². The second kappa shape index (κ2) is 6.18. The first-order valence-corrected chi connectivity index (χ1v) is 6.92. The second-order valence-corrected chi connectivity index (χ2v) is 5.98. The van der Waals surface area contributed by atoms with Crippen LogP contribution in [0.3, 0.4) is 0 Å². The number of morpholine rings is 1. The van der Waals surface area contributed by atoms with Gasteiger partial charge in [-0.2, -0.15) is 0 Å². The monoisotopic (exact) mass is 282 g/mol. The van der Waals surface area contributed by atoms with Crippen molar-refractivity contribution in [3.8, 4) is 0 Å². The normalized spacial score (nSPS) is 22.9. The summed E-state index contributed by atoms with van der Waals surface area (Å²) < 4.78 is 19.2. The molecule has 0 aliphatic carbocycles. The topological polar surface area (TPSA) is 58.7 Å². The maximum atomic E-state index is 13.4. The lowest BCUT2D eigenvalue weighted by atomic mass is 10.0. The highest BCUT2D eigenvalue weighted by Gasteiger charge is 2.32. The molecular weight excluding hydrogens is 259 g/mol. The van der Waals surface area contributed by atoms with E-state index in [2.05, 4.69) is 4.90 Å². The fraction of sp³-hybridized carbons (Fsp3) is 0.600. The highest BCUT2D eigenvalue weighted by molar-refractivity contribution is 5.25. The highest BCUT2D eigenvalue weighted by atomic mass is 19.1. The SMILES string of the molecule is CC1(C)CN(Cc2ccc(F)c(CN)c2)CC(CO)O1. The molecule has 0 bridgehead atoms. The Morgan fingerprint density at radius 2 is 2.25 bits per heavy atom. The van der Waals surface area contributed by atoms with Crippen molar-refractivity contribution in [1.82, 2.24) is 4.90 Å². The minimum atomic E-state index is -0.289. The van der Waals surface area contributed by atoms with Crippen molar-refractivity contribution in [2.75, 3.05) is 19.7 Å². The number of aliphatic hydroxyl groups is 1. The molecule has 1 saturated heterocycles. The molecule has 2 rings (SSSR count). The van der Waals surface area contributed by atoms with E-state index in [1.165, 1.54) is 6.07 Å². The minimum absolute atomic E-state index is 0.0113. The van der Waals surface area contributed by atoms with E-state index in [0.29, 0.717) is 18.7 Å². The van der Waals surface area contributed by atoms with Gasteiger partial charge in [-0.15, -0.1) is 0 Å². The Balaban J connectivity index is 2.08. The number of ether oxygens (including phenoxy) is 1. The zero-order chi connectivity index (χ0) is 14.8. The second-order valence-electron chi connectivity index (χ2n) is 5.98. The highest BCUT2D eigenvalue weighted by Crippen LogP contribution is 2.23. The van der Waals surface area contributed by atoms with Crippen molar-refractivity contribution in [2.24, 2.45) is 5.73 Å². The minimum Gasteiger partial charge on any atom is -0.394 e. The van der Waals surface area contributed by atoms with Crippen molar-refractivity contribution in [2.45, 2.75) is 38.6 Å². The van der Waals surface area contributed by atoms with Gasteiger partial charge in [0.1, 0.15) is 5.82 Å². The smallest absolute Gasteiger partial charge is 0.127 e. The molecule has 1 unspecified atom stereocenters. The molecule has 0 amide bonds. The first kappa shape index (κ1) is 15.4. The first-order valence-electron chi connectivity index (χ1n) is 6.92. The van der Waals surface area contributed by atoms with Gasteiger partial charge in [-0.25, -0.2) is 4.39 Å². The van der Waals surface area contributed by atoms with Crippen LogP contribution >= 0.6 is 0 Å². The number of rotatable bonds is 4. The molecule has 4 nitrogen and oxygen atoms in total. The van der Waals surface area contributed by atoms with Gasteiger partial charge in [0.15, 0.2) is 0 Å². The molecule has 1 aliphatic rings. The van der Waals surface area contributed by atoms with Crippen LogP contribution in [0.5, 0.6) is 0 Å². The van der Waals surface area contributed by atoms with Gasteiger partial charge in [0.05, 0.1) is 18.3 Å². The summed E-state index contributed by atoms with van der Waals surface area (Å²) in [5.74, 6) is -0.258. The Morgan fingerprint density at radius 3 is 2.90 bits per heavy atom. The Morgan fingerprint density at radius 1 is 1.50 bits per heavy atom. The number of halogens is 1. The van der Waals surface area contributed by atoms with Crippen LogP contribution in [0.25, 0.3) is 0 Å². The molecule has 5 heteroatoms. The molecule has 0 spiro atoms. The number of nitrogens with zero attached hydrogens (tertiary/aromatic N) is 1. The maximum absolute atomic E-state index is 13.4. The lowest BCUT2D eigenvalue weighted by Crippen LogP contribution is -2.53. The molecular formula is C15H23FN2O2. The van der Waals surface area contributed by atoms with Crippen LogP contribution in [-0.4, -0.2) is 41.4 Å². The molecule has 20 heavy (non-hydrogen) atoms. The van der Waals surface area contributed by atoms with Gasteiger partial charge in [-0.3, -0.25) is 4.90 Å². The van der Waals surface area contributed by atoms with Crippen LogP contribution in [0.4, 0.5) is 4.39 Å². The molecule has 112 valence electrons. The molecule has 1 aliphatic heterocycles. The van der Waals surface area contributed by atoms with Gasteiger partial charge < -0.3 is 15.6 Å². The van der Waals surface area contributed by atoms with Crippen LogP contribution in [0.15, 0.2) is 18.2 Å². The lowest BCUT2D eigenvalue weighted by molar-refractivity contribution is -0.150. The van der Waals surface area contributed by atoms with Gasteiger partial charge in [0.25, 0.3) is 0 Å². The fourth-order valence-electron chi connectivity index (χ4n) is 2.77. The summed E-state index contributed by atoms with van der Waals surface area (Å²) in [7, 11) is 0. The van der Waals surface area contributed by atoms with Crippen molar-refractivity contribution >= 4 is 0 Å². The van der Waals surface area contributed by atoms with Crippen LogP contribution in [-0.2, 0) is 17.8 Å². The largest absolute Gasteiger partial charge is 0.394 e. The van der Waals surface area contributed by atoms with Crippen molar-refractivity contribution in [3.05, 3.63) is 35.1 Å². The summed E-state index contributed by atoms with van der Waals surface area (Å²) in [6.07, 6.45) is -0.173. The maximum Gasteiger partial charge on any atom is 0.127 e. The quantitative estimate of drug-likeness (QED) is 0.873. The van der Waals surface area contributed by atoms with E-state index in [1.807, 2.05) is 19.9 Å². The molecule has 1 atom stereocenters. The third-order valence-electron chi connectivity index (χ3n) is 3.49. The van der Waals surface area contributed by atoms with Gasteiger partial charge in [0.2, 0.25) is 0 Å². The molecule has 1 aromatic carbocycles. The zero-order valence-corrected chi connectivity index (χ0v) is 12.1. The molecule has 0 aromatic heterocycles. The Bertz CT molecular complexity index is 465. The fourth-order valence-corrected chi connectivity index (χ4v) is 2.77. The van der Waals surface area contributed by atoms with Gasteiger partial charge >= 0.3 is 0 Å². The summed E-state index contributed by atoms with van der Waals surface area (Å²) in [6.45, 7) is 6.39. The van der Waals surface area contributed by atoms with Crippen LogP contribution in [0.1, 0.15) is 25.0 Å². The van der Waals surface area contributed by atoms with E-state index >= 15 is 0 Å². The lowest BCUT2D eigenvalue weighted by Gasteiger charge is -2.42. The Hall–Kier alpha value is -1.01. The number of hydrogen-bond donors (Lipinski definition) is 2. The van der Waals surface area contributed by atoms with E-state index in [9.17, 15) is 9.50 Å². The van der Waals surface area contributed by atoms with E-state index in [1.54, 1.807) is 6.07 Å². The van der Waals surface area contributed by atoms with E-state index in [0.717, 1.165) is 12.1 Å². The van der Waals surface area contributed by atoms with Crippen molar-refractivity contribution in [1.29, 1.82) is 0 Å². The average molecular weight is 282 g/mol. The van der Waals surface area contributed by atoms with Crippen molar-refractivity contribution < 1.29 is 14.2 Å². The number of nitrogens with two attached hydrogens (primary N) is 1. The van der Waals surface area contributed by atoms with Crippen LogP contribution in [0, 0.1) is 5.82 Å². The standard InChI is InChI=1S/C15H23FN2O2/c1-15(2)10-18(8-13(9-19)20-15)7-11-3-4-14(16)12(5-11)6-17/h3-5,13,19H,6-10,17H2,1-2H3. The zero-order valence-electron chi connectivity index (χ0n) is 12.1.